The quantitative estimate of drug-likeness (QED) is 0.427. The van der Waals surface area contributed by atoms with Crippen LogP contribution < -0.4 is 5.32 Å². The van der Waals surface area contributed by atoms with Crippen LogP contribution in [-0.4, -0.2) is 47.6 Å². The molecule has 1 heterocycles. The largest absolute Gasteiger partial charge is 0.452 e. The Morgan fingerprint density at radius 1 is 1.21 bits per heavy atom. The first-order valence-electron chi connectivity index (χ1n) is 8.66. The Kier molecular flexibility index (Phi) is 6.03. The molecule has 10 heteroatoms. The van der Waals surface area contributed by atoms with Crippen LogP contribution in [0.15, 0.2) is 48.5 Å². The number of rotatable bonds is 7. The van der Waals surface area contributed by atoms with E-state index in [1.54, 1.807) is 0 Å². The van der Waals surface area contributed by atoms with Crippen LogP contribution in [0, 0.1) is 10.1 Å². The number of ether oxygens (including phenoxy) is 2. The first kappa shape index (κ1) is 19.8. The van der Waals surface area contributed by atoms with E-state index >= 15 is 0 Å². The molecular weight excluding hydrogens is 382 g/mol. The summed E-state index contributed by atoms with van der Waals surface area (Å²) in [4.78, 5) is 47.1. The van der Waals surface area contributed by atoms with Gasteiger partial charge in [0.05, 0.1) is 17.0 Å². The minimum absolute atomic E-state index is 0.0793. The van der Waals surface area contributed by atoms with Crippen molar-refractivity contribution >= 4 is 29.3 Å². The van der Waals surface area contributed by atoms with E-state index in [0.29, 0.717) is 12.2 Å². The molecule has 29 heavy (non-hydrogen) atoms. The summed E-state index contributed by atoms with van der Waals surface area (Å²) in [5.74, 6) is -1.66. The fraction of sp³-hybridized carbons (Fsp3) is 0.211. The van der Waals surface area contributed by atoms with Crippen LogP contribution in [-0.2, 0) is 20.8 Å². The number of anilines is 1. The molecule has 1 N–H and O–H groups in total. The summed E-state index contributed by atoms with van der Waals surface area (Å²) >= 11 is 0. The second kappa shape index (κ2) is 8.83. The Morgan fingerprint density at radius 3 is 2.62 bits per heavy atom. The summed E-state index contributed by atoms with van der Waals surface area (Å²) in [6.07, 6.45) is -0.799. The number of cyclic esters (lactones) is 1. The number of amides is 2. The molecule has 1 aliphatic heterocycles. The van der Waals surface area contributed by atoms with Crippen LogP contribution in [0.2, 0.25) is 0 Å². The van der Waals surface area contributed by atoms with Crippen LogP contribution in [0.3, 0.4) is 0 Å². The Bertz CT molecular complexity index is 946. The lowest BCUT2D eigenvalue weighted by molar-refractivity contribution is -0.384. The van der Waals surface area contributed by atoms with Crippen molar-refractivity contribution in [3.05, 3.63) is 69.8 Å². The summed E-state index contributed by atoms with van der Waals surface area (Å²) < 4.78 is 9.63. The maximum Gasteiger partial charge on any atom is 0.416 e. The molecule has 1 fully saturated rings. The fourth-order valence-electron chi connectivity index (χ4n) is 2.66. The number of carbonyl (C=O) groups is 3. The molecule has 1 aliphatic rings. The Labute approximate surface area is 165 Å². The molecule has 3 rings (SSSR count). The lowest BCUT2D eigenvalue weighted by atomic mass is 10.1. The zero-order chi connectivity index (χ0) is 20.8. The minimum atomic E-state index is -0.926. The van der Waals surface area contributed by atoms with Gasteiger partial charge in [-0.05, 0) is 11.6 Å². The number of nitrogens with one attached hydrogen (secondary N) is 1. The maximum absolute atomic E-state index is 12.5. The minimum Gasteiger partial charge on any atom is -0.452 e. The van der Waals surface area contributed by atoms with Gasteiger partial charge in [0.1, 0.15) is 6.61 Å². The summed E-state index contributed by atoms with van der Waals surface area (Å²) in [5, 5.41) is 14.1. The van der Waals surface area contributed by atoms with E-state index in [0.717, 1.165) is 16.5 Å². The molecule has 10 nitrogen and oxygen atoms in total. The van der Waals surface area contributed by atoms with Crippen molar-refractivity contribution in [3.8, 4) is 0 Å². The van der Waals surface area contributed by atoms with E-state index in [1.165, 1.54) is 12.1 Å². The molecule has 1 saturated heterocycles. The number of esters is 1. The predicted molar refractivity (Wildman–Crippen MR) is 100 cm³/mol. The molecule has 0 spiro atoms. The molecule has 0 radical (unpaired) electrons. The third-order valence-corrected chi connectivity index (χ3v) is 4.15. The highest BCUT2D eigenvalue weighted by molar-refractivity contribution is 5.99. The number of nitro groups is 1. The van der Waals surface area contributed by atoms with Gasteiger partial charge in [0.2, 0.25) is 0 Å². The molecule has 0 aliphatic carbocycles. The number of hydrogen-bond donors (Lipinski definition) is 1. The van der Waals surface area contributed by atoms with Gasteiger partial charge in [-0.2, -0.15) is 0 Å². The molecule has 150 valence electrons. The topological polar surface area (TPSA) is 128 Å². The van der Waals surface area contributed by atoms with Crippen molar-refractivity contribution in [2.45, 2.75) is 6.54 Å². The van der Waals surface area contributed by atoms with Crippen molar-refractivity contribution in [3.63, 3.8) is 0 Å². The van der Waals surface area contributed by atoms with Crippen molar-refractivity contribution in [2.24, 2.45) is 0 Å². The zero-order valence-electron chi connectivity index (χ0n) is 15.2. The molecular formula is C19H17N3O7. The smallest absolute Gasteiger partial charge is 0.416 e. The van der Waals surface area contributed by atoms with Gasteiger partial charge < -0.3 is 14.8 Å². The van der Waals surface area contributed by atoms with Gasteiger partial charge in [0, 0.05) is 24.4 Å². The third kappa shape index (κ3) is 4.86. The van der Waals surface area contributed by atoms with E-state index in [-0.39, 0.29) is 24.4 Å². The molecule has 2 amide bonds. The van der Waals surface area contributed by atoms with Gasteiger partial charge in [-0.15, -0.1) is 0 Å². The Morgan fingerprint density at radius 2 is 1.97 bits per heavy atom. The molecule has 0 bridgehead atoms. The third-order valence-electron chi connectivity index (χ3n) is 4.15. The van der Waals surface area contributed by atoms with Gasteiger partial charge in [0.15, 0.2) is 6.61 Å². The van der Waals surface area contributed by atoms with Crippen molar-refractivity contribution in [2.75, 3.05) is 25.1 Å². The summed E-state index contributed by atoms with van der Waals surface area (Å²) in [6, 6.07) is 13.1. The highest BCUT2D eigenvalue weighted by Crippen LogP contribution is 2.24. The lowest BCUT2D eigenvalue weighted by Crippen LogP contribution is -2.35. The van der Waals surface area contributed by atoms with Crippen molar-refractivity contribution in [1.29, 1.82) is 0 Å². The first-order chi connectivity index (χ1) is 14.0. The Hall–Kier alpha value is -3.95. The van der Waals surface area contributed by atoms with Crippen LogP contribution in [0.25, 0.3) is 0 Å². The van der Waals surface area contributed by atoms with Crippen LogP contribution in [0.4, 0.5) is 16.2 Å². The van der Waals surface area contributed by atoms with E-state index in [9.17, 15) is 24.5 Å². The first-order valence-corrected chi connectivity index (χ1v) is 8.66. The second-order valence-electron chi connectivity index (χ2n) is 6.06. The standard InChI is InChI=1S/C19H17N3O7/c23-17(21-8-9-28-19(21)25)12-29-18(24)15-10-14(22(26)27)6-7-16(15)20-11-13-4-2-1-3-5-13/h1-7,10,20H,8-9,11-12H2. The molecule has 0 atom stereocenters. The molecule has 0 unspecified atom stereocenters. The summed E-state index contributed by atoms with van der Waals surface area (Å²) in [7, 11) is 0. The number of imide groups is 1. The number of benzene rings is 2. The molecule has 2 aromatic rings. The second-order valence-corrected chi connectivity index (χ2v) is 6.06. The highest BCUT2D eigenvalue weighted by Gasteiger charge is 2.29. The van der Waals surface area contributed by atoms with Gasteiger partial charge in [-0.25, -0.2) is 14.5 Å². The Balaban J connectivity index is 1.73. The van der Waals surface area contributed by atoms with Crippen LogP contribution in [0.5, 0.6) is 0 Å². The SMILES string of the molecule is O=C(OCC(=O)N1CCOC1=O)c1cc([N+](=O)[O-])ccc1NCc1ccccc1. The average Bonchev–Trinajstić information content (AvgIpc) is 3.16. The molecule has 2 aromatic carbocycles. The van der Waals surface area contributed by atoms with Gasteiger partial charge in [-0.3, -0.25) is 14.9 Å². The van der Waals surface area contributed by atoms with Gasteiger partial charge >= 0.3 is 12.1 Å². The van der Waals surface area contributed by atoms with Crippen LogP contribution >= 0.6 is 0 Å². The number of nitrogens with zero attached hydrogens (tertiary/aromatic N) is 2. The lowest BCUT2D eigenvalue weighted by Gasteiger charge is -2.13. The summed E-state index contributed by atoms with van der Waals surface area (Å²) in [5.41, 5.74) is 0.869. The van der Waals surface area contributed by atoms with Crippen molar-refractivity contribution in [1.82, 2.24) is 4.90 Å². The maximum atomic E-state index is 12.5. The number of carbonyl (C=O) groups excluding carboxylic acids is 3. The molecule has 0 saturated carbocycles. The molecule has 0 aromatic heterocycles. The zero-order valence-corrected chi connectivity index (χ0v) is 15.2. The van der Waals surface area contributed by atoms with Crippen molar-refractivity contribution < 1.29 is 28.8 Å². The van der Waals surface area contributed by atoms with Crippen LogP contribution in [0.1, 0.15) is 15.9 Å². The number of hydrogen-bond acceptors (Lipinski definition) is 8. The van der Waals surface area contributed by atoms with E-state index < -0.39 is 29.5 Å². The van der Waals surface area contributed by atoms with Gasteiger partial charge in [0.25, 0.3) is 11.6 Å². The summed E-state index contributed by atoms with van der Waals surface area (Å²) in [6.45, 7) is -0.154. The van der Waals surface area contributed by atoms with E-state index in [1.807, 2.05) is 30.3 Å². The van der Waals surface area contributed by atoms with E-state index in [2.05, 4.69) is 10.1 Å². The average molecular weight is 399 g/mol. The fourth-order valence-corrected chi connectivity index (χ4v) is 2.66. The predicted octanol–water partition coefficient (Wildman–Crippen LogP) is 2.34. The van der Waals surface area contributed by atoms with E-state index in [4.69, 9.17) is 4.74 Å². The number of nitro benzene ring substituents is 1. The van der Waals surface area contributed by atoms with Gasteiger partial charge in [-0.1, -0.05) is 30.3 Å². The number of non-ortho nitro benzene ring substituents is 1. The monoisotopic (exact) mass is 399 g/mol. The normalized spacial score (nSPS) is 13.0. The highest BCUT2D eigenvalue weighted by atomic mass is 16.6.